The predicted molar refractivity (Wildman–Crippen MR) is 68.1 cm³/mol. The Kier molecular flexibility index (Phi) is 3.75. The second kappa shape index (κ2) is 5.11. The van der Waals surface area contributed by atoms with Crippen molar-refractivity contribution in [1.29, 1.82) is 0 Å². The van der Waals surface area contributed by atoms with Crippen molar-refractivity contribution in [2.45, 2.75) is 64.0 Å². The van der Waals surface area contributed by atoms with Crippen LogP contribution in [0.15, 0.2) is 12.2 Å². The van der Waals surface area contributed by atoms with Crippen LogP contribution in [0.4, 0.5) is 4.79 Å². The summed E-state index contributed by atoms with van der Waals surface area (Å²) in [5.74, 6) is 0.587. The highest BCUT2D eigenvalue weighted by Crippen LogP contribution is 2.38. The zero-order valence-electron chi connectivity index (χ0n) is 10.7. The summed E-state index contributed by atoms with van der Waals surface area (Å²) >= 11 is 0. The molecule has 0 radical (unpaired) electrons. The van der Waals surface area contributed by atoms with Crippen LogP contribution in [0.2, 0.25) is 0 Å². The van der Waals surface area contributed by atoms with E-state index in [1.807, 2.05) is 6.92 Å². The number of carbonyl (C=O) groups is 1. The Bertz CT molecular complexity index is 307. The van der Waals surface area contributed by atoms with Crippen LogP contribution in [0.5, 0.6) is 0 Å². The van der Waals surface area contributed by atoms with E-state index in [9.17, 15) is 9.90 Å². The van der Waals surface area contributed by atoms with Gasteiger partial charge in [-0.25, -0.2) is 4.79 Å². The van der Waals surface area contributed by atoms with Gasteiger partial charge >= 0.3 is 6.09 Å². The maximum Gasteiger partial charge on any atom is 0.408 e. The molecule has 1 heterocycles. The highest BCUT2D eigenvalue weighted by atomic mass is 16.4. The maximum atomic E-state index is 11.5. The molecule has 2 aliphatic rings. The van der Waals surface area contributed by atoms with Gasteiger partial charge in [0.2, 0.25) is 0 Å². The van der Waals surface area contributed by atoms with Crippen molar-refractivity contribution in [3.05, 3.63) is 12.2 Å². The fourth-order valence-electron chi connectivity index (χ4n) is 3.58. The van der Waals surface area contributed by atoms with Crippen LogP contribution >= 0.6 is 0 Å². The minimum absolute atomic E-state index is 0.0550. The van der Waals surface area contributed by atoms with E-state index in [2.05, 4.69) is 6.58 Å². The monoisotopic (exact) mass is 237 g/mol. The van der Waals surface area contributed by atoms with E-state index in [-0.39, 0.29) is 12.1 Å². The molecule has 1 aliphatic carbocycles. The molecule has 0 bridgehead atoms. The number of likely N-dealkylation sites (tertiary alicyclic amines) is 1. The van der Waals surface area contributed by atoms with Gasteiger partial charge in [0, 0.05) is 6.04 Å². The van der Waals surface area contributed by atoms with Gasteiger partial charge < -0.3 is 5.11 Å². The van der Waals surface area contributed by atoms with Crippen LogP contribution < -0.4 is 0 Å². The standard InChI is InChI=1S/C14H23NO2/c1-10(2)12-8-9-13(15(12)14(16)17)11-6-4-3-5-7-11/h11-13H,1,3-9H2,2H3,(H,16,17)/t12-,13+/m1/s1. The van der Waals surface area contributed by atoms with E-state index in [0.29, 0.717) is 5.92 Å². The molecule has 3 heteroatoms. The molecule has 2 rings (SSSR count). The minimum atomic E-state index is -0.758. The second-order valence-corrected chi connectivity index (χ2v) is 5.59. The highest BCUT2D eigenvalue weighted by Gasteiger charge is 2.41. The number of carboxylic acid groups (broad SMARTS) is 1. The molecule has 17 heavy (non-hydrogen) atoms. The third-order valence-electron chi connectivity index (χ3n) is 4.41. The van der Waals surface area contributed by atoms with Crippen molar-refractivity contribution in [1.82, 2.24) is 4.90 Å². The van der Waals surface area contributed by atoms with Gasteiger partial charge in [-0.1, -0.05) is 31.4 Å². The van der Waals surface area contributed by atoms with Crippen LogP contribution in [0.1, 0.15) is 51.9 Å². The van der Waals surface area contributed by atoms with Crippen LogP contribution in [0.3, 0.4) is 0 Å². The van der Waals surface area contributed by atoms with E-state index < -0.39 is 6.09 Å². The molecule has 2 atom stereocenters. The Hall–Kier alpha value is -0.990. The molecule has 1 saturated carbocycles. The van der Waals surface area contributed by atoms with E-state index >= 15 is 0 Å². The zero-order valence-corrected chi connectivity index (χ0v) is 10.7. The van der Waals surface area contributed by atoms with Crippen LogP contribution in [0, 0.1) is 5.92 Å². The Morgan fingerprint density at radius 3 is 2.35 bits per heavy atom. The fraction of sp³-hybridized carbons (Fsp3) is 0.786. The summed E-state index contributed by atoms with van der Waals surface area (Å²) in [6, 6.07) is 0.300. The molecule has 0 aromatic carbocycles. The molecule has 1 amide bonds. The molecule has 1 N–H and O–H groups in total. The van der Waals surface area contributed by atoms with Crippen LogP contribution in [-0.4, -0.2) is 28.2 Å². The molecule has 96 valence electrons. The predicted octanol–water partition coefficient (Wildman–Crippen LogP) is 3.65. The molecule has 2 fully saturated rings. The summed E-state index contributed by atoms with van der Waals surface area (Å²) in [6.45, 7) is 5.89. The third kappa shape index (κ3) is 2.48. The fourth-order valence-corrected chi connectivity index (χ4v) is 3.58. The number of hydrogen-bond donors (Lipinski definition) is 1. The van der Waals surface area contributed by atoms with Gasteiger partial charge in [-0.15, -0.1) is 0 Å². The van der Waals surface area contributed by atoms with Crippen LogP contribution in [-0.2, 0) is 0 Å². The number of rotatable bonds is 2. The van der Waals surface area contributed by atoms with Crippen LogP contribution in [0.25, 0.3) is 0 Å². The molecule has 0 aromatic heterocycles. The second-order valence-electron chi connectivity index (χ2n) is 5.59. The lowest BCUT2D eigenvalue weighted by molar-refractivity contribution is 0.103. The van der Waals surface area contributed by atoms with Crippen molar-refractivity contribution in [2.75, 3.05) is 0 Å². The minimum Gasteiger partial charge on any atom is -0.465 e. The molecular weight excluding hydrogens is 214 g/mol. The largest absolute Gasteiger partial charge is 0.465 e. The number of amides is 1. The summed E-state index contributed by atoms with van der Waals surface area (Å²) in [4.78, 5) is 13.1. The topological polar surface area (TPSA) is 40.5 Å². The van der Waals surface area contributed by atoms with Crippen molar-refractivity contribution in [2.24, 2.45) is 5.92 Å². The first-order valence-corrected chi connectivity index (χ1v) is 6.78. The van der Waals surface area contributed by atoms with Gasteiger partial charge in [-0.3, -0.25) is 4.90 Å². The lowest BCUT2D eigenvalue weighted by Gasteiger charge is -2.35. The normalized spacial score (nSPS) is 30.5. The van der Waals surface area contributed by atoms with Crippen molar-refractivity contribution in [3.63, 3.8) is 0 Å². The van der Waals surface area contributed by atoms with Gasteiger partial charge in [-0.2, -0.15) is 0 Å². The van der Waals surface area contributed by atoms with Gasteiger partial charge in [0.1, 0.15) is 0 Å². The third-order valence-corrected chi connectivity index (χ3v) is 4.41. The van der Waals surface area contributed by atoms with Gasteiger partial charge in [0.25, 0.3) is 0 Å². The summed E-state index contributed by atoms with van der Waals surface area (Å²) in [7, 11) is 0. The molecular formula is C14H23NO2. The molecule has 1 aliphatic heterocycles. The first-order valence-electron chi connectivity index (χ1n) is 6.78. The van der Waals surface area contributed by atoms with E-state index in [0.717, 1.165) is 18.4 Å². The number of hydrogen-bond acceptors (Lipinski definition) is 1. The van der Waals surface area contributed by atoms with E-state index in [1.54, 1.807) is 4.90 Å². The molecule has 0 spiro atoms. The first kappa shape index (κ1) is 12.5. The summed E-state index contributed by atoms with van der Waals surface area (Å²) in [5.41, 5.74) is 0.991. The number of nitrogens with zero attached hydrogens (tertiary/aromatic N) is 1. The van der Waals surface area contributed by atoms with Gasteiger partial charge in [0.05, 0.1) is 6.04 Å². The zero-order chi connectivity index (χ0) is 12.4. The average Bonchev–Trinajstić information content (AvgIpc) is 2.74. The van der Waals surface area contributed by atoms with E-state index in [4.69, 9.17) is 0 Å². The van der Waals surface area contributed by atoms with Gasteiger partial charge in [-0.05, 0) is 38.5 Å². The van der Waals surface area contributed by atoms with Crippen molar-refractivity contribution >= 4 is 6.09 Å². The average molecular weight is 237 g/mol. The summed E-state index contributed by atoms with van der Waals surface area (Å²) < 4.78 is 0. The van der Waals surface area contributed by atoms with Gasteiger partial charge in [0.15, 0.2) is 0 Å². The highest BCUT2D eigenvalue weighted by molar-refractivity contribution is 5.67. The Balaban J connectivity index is 2.11. The smallest absolute Gasteiger partial charge is 0.408 e. The SMILES string of the molecule is C=C(C)[C@H]1CC[C@@H](C2CCCCC2)N1C(=O)O. The molecule has 0 aromatic rings. The Morgan fingerprint density at radius 1 is 1.18 bits per heavy atom. The summed E-state index contributed by atoms with van der Waals surface area (Å²) in [5, 5.41) is 9.42. The quantitative estimate of drug-likeness (QED) is 0.745. The molecule has 3 nitrogen and oxygen atoms in total. The lowest BCUT2D eigenvalue weighted by atomic mass is 9.83. The maximum absolute atomic E-state index is 11.5. The Labute approximate surface area is 103 Å². The first-order chi connectivity index (χ1) is 8.11. The Morgan fingerprint density at radius 2 is 1.82 bits per heavy atom. The molecule has 0 unspecified atom stereocenters. The lowest BCUT2D eigenvalue weighted by Crippen LogP contribution is -2.44. The summed E-state index contributed by atoms with van der Waals surface area (Å²) in [6.07, 6.45) is 7.50. The molecule has 1 saturated heterocycles. The van der Waals surface area contributed by atoms with E-state index in [1.165, 1.54) is 32.1 Å². The van der Waals surface area contributed by atoms with Crippen molar-refractivity contribution in [3.8, 4) is 0 Å². The van der Waals surface area contributed by atoms with Crippen molar-refractivity contribution < 1.29 is 9.90 Å².